The van der Waals surface area contributed by atoms with E-state index >= 15 is 0 Å². The second kappa shape index (κ2) is 5.33. The number of nitrogens with zero attached hydrogens (tertiary/aromatic N) is 1. The van der Waals surface area contributed by atoms with E-state index in [0.29, 0.717) is 0 Å². The zero-order chi connectivity index (χ0) is 11.2. The number of hydrogen-bond donors (Lipinski definition) is 2. The Bertz CT molecular complexity index is 204. The molecule has 0 aromatic rings. The maximum Gasteiger partial charge on any atom is 0.0684 e. The van der Waals surface area contributed by atoms with Gasteiger partial charge in [-0.05, 0) is 26.8 Å². The Hall–Kier alpha value is -0.590. The van der Waals surface area contributed by atoms with E-state index < -0.39 is 0 Å². The first-order valence-corrected chi connectivity index (χ1v) is 5.06. The van der Waals surface area contributed by atoms with Crippen molar-refractivity contribution >= 4 is 0 Å². The number of aliphatic hydroxyl groups excluding tert-OH is 1. The molecule has 82 valence electrons. The summed E-state index contributed by atoms with van der Waals surface area (Å²) in [5.41, 5.74) is -0.326. The van der Waals surface area contributed by atoms with Gasteiger partial charge in [0, 0.05) is 18.6 Å². The highest BCUT2D eigenvalue weighted by Gasteiger charge is 2.18. The van der Waals surface area contributed by atoms with Crippen molar-refractivity contribution in [3.8, 4) is 6.07 Å². The van der Waals surface area contributed by atoms with Crippen LogP contribution in [0.1, 0.15) is 34.1 Å². The summed E-state index contributed by atoms with van der Waals surface area (Å²) in [5.74, 6) is 0. The van der Waals surface area contributed by atoms with Crippen molar-refractivity contribution in [2.75, 3.05) is 19.7 Å². The maximum atomic E-state index is 9.01. The predicted molar refractivity (Wildman–Crippen MR) is 57.7 cm³/mol. The van der Waals surface area contributed by atoms with Crippen LogP contribution in [0, 0.1) is 22.2 Å². The third-order valence-corrected chi connectivity index (χ3v) is 2.26. The molecule has 0 bridgehead atoms. The first-order chi connectivity index (χ1) is 6.33. The van der Waals surface area contributed by atoms with Gasteiger partial charge in [0.05, 0.1) is 11.5 Å². The second-order valence-corrected chi connectivity index (χ2v) is 5.24. The summed E-state index contributed by atoms with van der Waals surface area (Å²) in [6.45, 7) is 9.68. The van der Waals surface area contributed by atoms with Gasteiger partial charge < -0.3 is 10.4 Å². The predicted octanol–water partition coefficient (Wildman–Crippen LogP) is 1.53. The molecule has 0 aromatic heterocycles. The molecular weight excluding hydrogens is 176 g/mol. The number of rotatable bonds is 6. The van der Waals surface area contributed by atoms with Crippen LogP contribution in [0.3, 0.4) is 0 Å². The molecule has 0 saturated heterocycles. The van der Waals surface area contributed by atoms with E-state index in [1.54, 1.807) is 0 Å². The zero-order valence-corrected chi connectivity index (χ0v) is 9.72. The van der Waals surface area contributed by atoms with Gasteiger partial charge in [-0.1, -0.05) is 13.8 Å². The second-order valence-electron chi connectivity index (χ2n) is 5.24. The minimum atomic E-state index is -0.254. The van der Waals surface area contributed by atoms with E-state index in [-0.39, 0.29) is 17.4 Å². The van der Waals surface area contributed by atoms with Crippen LogP contribution in [0.5, 0.6) is 0 Å². The number of hydrogen-bond acceptors (Lipinski definition) is 3. The smallest absolute Gasteiger partial charge is 0.0684 e. The monoisotopic (exact) mass is 198 g/mol. The minimum absolute atomic E-state index is 0.0726. The fourth-order valence-corrected chi connectivity index (χ4v) is 0.939. The zero-order valence-electron chi connectivity index (χ0n) is 9.72. The molecule has 0 amide bonds. The van der Waals surface area contributed by atoms with E-state index in [4.69, 9.17) is 10.4 Å². The van der Waals surface area contributed by atoms with Crippen LogP contribution in [0.2, 0.25) is 0 Å². The topological polar surface area (TPSA) is 56.0 Å². The summed E-state index contributed by atoms with van der Waals surface area (Å²) >= 11 is 0. The minimum Gasteiger partial charge on any atom is -0.396 e. The molecule has 3 heteroatoms. The number of nitrogens with one attached hydrogen (secondary N) is 1. The number of aliphatic hydroxyl groups is 1. The lowest BCUT2D eigenvalue weighted by atomic mass is 9.91. The summed E-state index contributed by atoms with van der Waals surface area (Å²) < 4.78 is 0. The van der Waals surface area contributed by atoms with Crippen molar-refractivity contribution in [3.05, 3.63) is 0 Å². The van der Waals surface area contributed by atoms with Crippen LogP contribution in [0.15, 0.2) is 0 Å². The average Bonchev–Trinajstić information content (AvgIpc) is 2.13. The third kappa shape index (κ3) is 5.95. The first kappa shape index (κ1) is 13.4. The summed E-state index contributed by atoms with van der Waals surface area (Å²) in [4.78, 5) is 0. The van der Waals surface area contributed by atoms with E-state index in [9.17, 15) is 0 Å². The standard InChI is InChI=1S/C11H22N2O/c1-10(2,7-12)5-6-13-8-11(3,4)9-14/h13-14H,5-6,8-9H2,1-4H3. The molecule has 2 N–H and O–H groups in total. The van der Waals surface area contributed by atoms with Crippen LogP contribution >= 0.6 is 0 Å². The van der Waals surface area contributed by atoms with Gasteiger partial charge in [-0.15, -0.1) is 0 Å². The molecule has 0 fully saturated rings. The molecule has 0 atom stereocenters. The molecule has 0 heterocycles. The van der Waals surface area contributed by atoms with Crippen molar-refractivity contribution in [2.45, 2.75) is 34.1 Å². The fraction of sp³-hybridized carbons (Fsp3) is 0.909. The molecule has 14 heavy (non-hydrogen) atoms. The summed E-state index contributed by atoms with van der Waals surface area (Å²) in [5, 5.41) is 21.0. The lowest BCUT2D eigenvalue weighted by Gasteiger charge is -2.23. The summed E-state index contributed by atoms with van der Waals surface area (Å²) in [7, 11) is 0. The largest absolute Gasteiger partial charge is 0.396 e. The fourth-order valence-electron chi connectivity index (χ4n) is 0.939. The van der Waals surface area contributed by atoms with Crippen LogP contribution in [-0.2, 0) is 0 Å². The molecule has 0 rings (SSSR count). The van der Waals surface area contributed by atoms with Gasteiger partial charge in [-0.25, -0.2) is 0 Å². The van der Waals surface area contributed by atoms with E-state index in [2.05, 4.69) is 11.4 Å². The molecule has 0 aliphatic rings. The molecule has 0 aromatic carbocycles. The molecule has 0 unspecified atom stereocenters. The molecule has 0 spiro atoms. The van der Waals surface area contributed by atoms with Crippen molar-refractivity contribution in [1.82, 2.24) is 5.32 Å². The quantitative estimate of drug-likeness (QED) is 0.636. The van der Waals surface area contributed by atoms with Crippen LogP contribution in [0.25, 0.3) is 0 Å². The Morgan fingerprint density at radius 1 is 1.29 bits per heavy atom. The first-order valence-electron chi connectivity index (χ1n) is 5.06. The van der Waals surface area contributed by atoms with Crippen molar-refractivity contribution < 1.29 is 5.11 Å². The lowest BCUT2D eigenvalue weighted by Crippen LogP contribution is -2.34. The summed E-state index contributed by atoms with van der Waals surface area (Å²) in [6, 6.07) is 2.26. The van der Waals surface area contributed by atoms with Crippen molar-refractivity contribution in [2.24, 2.45) is 10.8 Å². The van der Waals surface area contributed by atoms with Gasteiger partial charge >= 0.3 is 0 Å². The Balaban J connectivity index is 3.63. The van der Waals surface area contributed by atoms with Crippen LogP contribution in [-0.4, -0.2) is 24.8 Å². The van der Waals surface area contributed by atoms with E-state index in [1.165, 1.54) is 0 Å². The molecule has 0 saturated carbocycles. The Morgan fingerprint density at radius 2 is 1.86 bits per heavy atom. The van der Waals surface area contributed by atoms with E-state index in [1.807, 2.05) is 27.7 Å². The van der Waals surface area contributed by atoms with Crippen molar-refractivity contribution in [1.29, 1.82) is 5.26 Å². The highest BCUT2D eigenvalue weighted by Crippen LogP contribution is 2.17. The van der Waals surface area contributed by atoms with Gasteiger partial charge in [0.2, 0.25) is 0 Å². The van der Waals surface area contributed by atoms with Gasteiger partial charge in [0.15, 0.2) is 0 Å². The molecule has 3 nitrogen and oxygen atoms in total. The van der Waals surface area contributed by atoms with Gasteiger partial charge in [-0.2, -0.15) is 5.26 Å². The van der Waals surface area contributed by atoms with Crippen molar-refractivity contribution in [3.63, 3.8) is 0 Å². The van der Waals surface area contributed by atoms with Crippen LogP contribution in [0.4, 0.5) is 0 Å². The third-order valence-electron chi connectivity index (χ3n) is 2.26. The Morgan fingerprint density at radius 3 is 2.29 bits per heavy atom. The van der Waals surface area contributed by atoms with Gasteiger partial charge in [0.25, 0.3) is 0 Å². The average molecular weight is 198 g/mol. The van der Waals surface area contributed by atoms with E-state index in [0.717, 1.165) is 19.5 Å². The molecule has 0 aliphatic heterocycles. The Labute approximate surface area is 87.1 Å². The summed E-state index contributed by atoms with van der Waals surface area (Å²) in [6.07, 6.45) is 0.838. The Kier molecular flexibility index (Phi) is 5.11. The molecular formula is C11H22N2O. The SMILES string of the molecule is CC(C)(C#N)CCNCC(C)(C)CO. The molecule has 0 radical (unpaired) electrons. The number of nitriles is 1. The van der Waals surface area contributed by atoms with Crippen LogP contribution < -0.4 is 5.32 Å². The lowest BCUT2D eigenvalue weighted by molar-refractivity contribution is 0.156. The highest BCUT2D eigenvalue weighted by atomic mass is 16.3. The van der Waals surface area contributed by atoms with Gasteiger partial charge in [0.1, 0.15) is 0 Å². The normalized spacial score (nSPS) is 12.6. The molecule has 0 aliphatic carbocycles. The highest BCUT2D eigenvalue weighted by molar-refractivity contribution is 4.91. The van der Waals surface area contributed by atoms with Gasteiger partial charge in [-0.3, -0.25) is 0 Å². The maximum absolute atomic E-state index is 9.01.